The summed E-state index contributed by atoms with van der Waals surface area (Å²) < 4.78 is 8.98. The number of ether oxygens (including phenoxy) is 1. The number of aryl methyl sites for hydroxylation is 1. The maximum absolute atomic E-state index is 11.4. The lowest BCUT2D eigenvalue weighted by Crippen LogP contribution is -2.12. The summed E-state index contributed by atoms with van der Waals surface area (Å²) in [6.07, 6.45) is 0. The van der Waals surface area contributed by atoms with Gasteiger partial charge in [0, 0.05) is 0 Å². The third-order valence-corrected chi connectivity index (χ3v) is 2.25. The molecule has 5 heteroatoms. The number of hydrogen-bond acceptors (Lipinski definition) is 4. The van der Waals surface area contributed by atoms with Crippen molar-refractivity contribution in [1.29, 1.82) is 0 Å². The van der Waals surface area contributed by atoms with Crippen LogP contribution in [0.4, 0.5) is 0 Å². The fraction of sp³-hybridized carbons (Fsp3) is 0.200. The molecule has 15 heavy (non-hydrogen) atoms. The van der Waals surface area contributed by atoms with E-state index >= 15 is 0 Å². The van der Waals surface area contributed by atoms with Crippen LogP contribution >= 0.6 is 16.3 Å². The van der Waals surface area contributed by atoms with E-state index in [1.54, 1.807) is 19.1 Å². The van der Waals surface area contributed by atoms with Gasteiger partial charge in [-0.1, -0.05) is 12.1 Å². The lowest BCUT2D eigenvalue weighted by molar-refractivity contribution is 0.0590. The van der Waals surface area contributed by atoms with Gasteiger partial charge in [0.2, 0.25) is 0 Å². The van der Waals surface area contributed by atoms with E-state index in [0.29, 0.717) is 5.56 Å². The molecule has 0 amide bonds. The molecule has 0 aliphatic carbocycles. The van der Waals surface area contributed by atoms with Gasteiger partial charge >= 0.3 is 11.9 Å². The maximum Gasteiger partial charge on any atom is 0.350 e. The minimum Gasteiger partial charge on any atom is -0.465 e. The summed E-state index contributed by atoms with van der Waals surface area (Å²) in [5, 5.41) is 0. The van der Waals surface area contributed by atoms with E-state index in [2.05, 4.69) is 24.8 Å². The molecule has 0 bridgehead atoms. The molecular formula is C10H9BrO4. The molecule has 0 radical (unpaired) electrons. The Hall–Kier alpha value is -1.36. The van der Waals surface area contributed by atoms with Crippen LogP contribution < -0.4 is 0 Å². The second-order valence-electron chi connectivity index (χ2n) is 2.85. The topological polar surface area (TPSA) is 52.6 Å². The minimum atomic E-state index is -0.626. The molecule has 1 aromatic rings. The number of benzene rings is 1. The lowest BCUT2D eigenvalue weighted by Gasteiger charge is -2.07. The smallest absolute Gasteiger partial charge is 0.350 e. The summed E-state index contributed by atoms with van der Waals surface area (Å²) in [6.45, 7) is 1.72. The zero-order valence-corrected chi connectivity index (χ0v) is 9.83. The highest BCUT2D eigenvalue weighted by Gasteiger charge is 2.20. The van der Waals surface area contributed by atoms with E-state index in [1.807, 2.05) is 0 Å². The average Bonchev–Trinajstić information content (AvgIpc) is 2.26. The van der Waals surface area contributed by atoms with Crippen LogP contribution in [0.15, 0.2) is 18.2 Å². The summed E-state index contributed by atoms with van der Waals surface area (Å²) in [5.41, 5.74) is 1.07. The van der Waals surface area contributed by atoms with Crippen molar-refractivity contribution in [3.8, 4) is 0 Å². The Labute approximate surface area is 95.6 Å². The summed E-state index contributed by atoms with van der Waals surface area (Å²) >= 11 is 2.58. The summed E-state index contributed by atoms with van der Waals surface area (Å²) in [4.78, 5) is 22.8. The van der Waals surface area contributed by atoms with E-state index in [9.17, 15) is 9.59 Å². The van der Waals surface area contributed by atoms with Crippen LogP contribution in [0.3, 0.4) is 0 Å². The van der Waals surface area contributed by atoms with Crippen LogP contribution in [-0.2, 0) is 8.57 Å². The highest BCUT2D eigenvalue weighted by Crippen LogP contribution is 2.17. The van der Waals surface area contributed by atoms with Gasteiger partial charge in [-0.25, -0.2) is 9.59 Å². The Balaban J connectivity index is 3.32. The first kappa shape index (κ1) is 11.7. The summed E-state index contributed by atoms with van der Waals surface area (Å²) in [7, 11) is 1.26. The SMILES string of the molecule is COC(=O)c1c(C)cccc1C(=O)OBr. The molecule has 0 aromatic heterocycles. The van der Waals surface area contributed by atoms with Gasteiger partial charge in [0.25, 0.3) is 0 Å². The number of hydrogen-bond donors (Lipinski definition) is 0. The molecule has 0 saturated carbocycles. The molecule has 0 atom stereocenters. The Morgan fingerprint density at radius 1 is 1.27 bits per heavy atom. The lowest BCUT2D eigenvalue weighted by atomic mass is 10.0. The molecule has 0 unspecified atom stereocenters. The van der Waals surface area contributed by atoms with Crippen molar-refractivity contribution in [2.45, 2.75) is 6.92 Å². The Morgan fingerprint density at radius 2 is 1.93 bits per heavy atom. The van der Waals surface area contributed by atoms with Crippen LogP contribution in [0.1, 0.15) is 26.3 Å². The molecule has 0 heterocycles. The molecule has 4 nitrogen and oxygen atoms in total. The molecule has 0 saturated heterocycles. The molecular weight excluding hydrogens is 264 g/mol. The molecule has 0 N–H and O–H groups in total. The third-order valence-electron chi connectivity index (χ3n) is 1.95. The van der Waals surface area contributed by atoms with Gasteiger partial charge in [-0.3, -0.25) is 0 Å². The van der Waals surface area contributed by atoms with E-state index < -0.39 is 11.9 Å². The van der Waals surface area contributed by atoms with Gasteiger partial charge < -0.3 is 8.57 Å². The number of methoxy groups -OCH3 is 1. The van der Waals surface area contributed by atoms with Gasteiger partial charge in [-0.2, -0.15) is 0 Å². The van der Waals surface area contributed by atoms with Crippen LogP contribution in [-0.4, -0.2) is 19.0 Å². The largest absolute Gasteiger partial charge is 0.465 e. The number of carbonyl (C=O) groups is 2. The Kier molecular flexibility index (Phi) is 3.85. The predicted molar refractivity (Wildman–Crippen MR) is 56.9 cm³/mol. The first-order valence-electron chi connectivity index (χ1n) is 4.12. The molecule has 0 spiro atoms. The van der Waals surface area contributed by atoms with Gasteiger partial charge in [0.05, 0.1) is 18.2 Å². The highest BCUT2D eigenvalue weighted by molar-refractivity contribution is 9.06. The molecule has 1 aromatic carbocycles. The summed E-state index contributed by atoms with van der Waals surface area (Å²) in [5.74, 6) is -1.18. The molecule has 0 aliphatic rings. The van der Waals surface area contributed by atoms with Crippen molar-refractivity contribution in [3.05, 3.63) is 34.9 Å². The first-order chi connectivity index (χ1) is 7.11. The third kappa shape index (κ3) is 2.36. The standard InChI is InChI=1S/C10H9BrO4/c1-6-4-3-5-7(9(12)15-11)8(6)10(13)14-2/h3-5H,1-2H3. The monoisotopic (exact) mass is 272 g/mol. The highest BCUT2D eigenvalue weighted by atomic mass is 79.9. The zero-order valence-electron chi connectivity index (χ0n) is 8.24. The van der Waals surface area contributed by atoms with Crippen LogP contribution in [0.5, 0.6) is 0 Å². The van der Waals surface area contributed by atoms with Crippen molar-refractivity contribution < 1.29 is 18.2 Å². The van der Waals surface area contributed by atoms with Gasteiger partial charge in [-0.05, 0) is 18.6 Å². The Bertz CT molecular complexity index is 400. The van der Waals surface area contributed by atoms with Crippen LogP contribution in [0.2, 0.25) is 0 Å². The second kappa shape index (κ2) is 4.93. The average molecular weight is 273 g/mol. The Morgan fingerprint density at radius 3 is 2.47 bits per heavy atom. The van der Waals surface area contributed by atoms with E-state index in [0.717, 1.165) is 0 Å². The second-order valence-corrected chi connectivity index (χ2v) is 3.18. The van der Waals surface area contributed by atoms with Gasteiger partial charge in [-0.15, -0.1) is 0 Å². The van der Waals surface area contributed by atoms with E-state index in [-0.39, 0.29) is 11.1 Å². The number of esters is 1. The van der Waals surface area contributed by atoms with Crippen molar-refractivity contribution >= 4 is 28.2 Å². The predicted octanol–water partition coefficient (Wildman–Crippen LogP) is 2.25. The van der Waals surface area contributed by atoms with Gasteiger partial charge in [0.1, 0.15) is 0 Å². The number of rotatable bonds is 2. The molecule has 0 fully saturated rings. The maximum atomic E-state index is 11.4. The van der Waals surface area contributed by atoms with Crippen molar-refractivity contribution in [3.63, 3.8) is 0 Å². The zero-order chi connectivity index (χ0) is 11.4. The molecule has 0 aliphatic heterocycles. The molecule has 1 rings (SSSR count). The quantitative estimate of drug-likeness (QED) is 0.775. The van der Waals surface area contributed by atoms with Gasteiger partial charge in [0.15, 0.2) is 16.3 Å². The van der Waals surface area contributed by atoms with Crippen LogP contribution in [0, 0.1) is 6.92 Å². The summed E-state index contributed by atoms with van der Waals surface area (Å²) in [6, 6.07) is 4.89. The van der Waals surface area contributed by atoms with Crippen LogP contribution in [0.25, 0.3) is 0 Å². The fourth-order valence-electron chi connectivity index (χ4n) is 1.25. The molecule has 80 valence electrons. The minimum absolute atomic E-state index is 0.179. The normalized spacial score (nSPS) is 9.53. The number of halogens is 1. The van der Waals surface area contributed by atoms with Crippen molar-refractivity contribution in [1.82, 2.24) is 0 Å². The number of carbonyl (C=O) groups excluding carboxylic acids is 2. The van der Waals surface area contributed by atoms with Crippen molar-refractivity contribution in [2.75, 3.05) is 7.11 Å². The van der Waals surface area contributed by atoms with E-state index in [1.165, 1.54) is 13.2 Å². The fourth-order valence-corrected chi connectivity index (χ4v) is 1.43. The van der Waals surface area contributed by atoms with Crippen molar-refractivity contribution in [2.24, 2.45) is 0 Å². The van der Waals surface area contributed by atoms with E-state index in [4.69, 9.17) is 0 Å². The first-order valence-corrected chi connectivity index (χ1v) is 4.77.